The predicted octanol–water partition coefficient (Wildman–Crippen LogP) is 4.71. The molecule has 8 heteroatoms. The van der Waals surface area contributed by atoms with Gasteiger partial charge < -0.3 is 0 Å². The van der Waals surface area contributed by atoms with Gasteiger partial charge in [0.25, 0.3) is 0 Å². The molecule has 0 aliphatic rings. The molecular weight excluding hydrogens is 363 g/mol. The molecule has 0 aliphatic carbocycles. The Labute approximate surface area is 143 Å². The molecule has 0 saturated carbocycles. The summed E-state index contributed by atoms with van der Waals surface area (Å²) in [6, 6.07) is 9.28. The van der Waals surface area contributed by atoms with Crippen molar-refractivity contribution in [1.82, 2.24) is 4.72 Å². The SMILES string of the molecule is CCCNS(=O)(=O)c1ccc(-c2ccc(C(F)(F)F)c(Cl)c2)cc1. The van der Waals surface area contributed by atoms with Gasteiger partial charge in [0.15, 0.2) is 0 Å². The van der Waals surface area contributed by atoms with Gasteiger partial charge in [-0.3, -0.25) is 0 Å². The average Bonchev–Trinajstić information content (AvgIpc) is 2.52. The number of hydrogen-bond donors (Lipinski definition) is 1. The number of sulfonamides is 1. The number of benzene rings is 2. The van der Waals surface area contributed by atoms with Gasteiger partial charge in [0.2, 0.25) is 10.0 Å². The molecule has 24 heavy (non-hydrogen) atoms. The van der Waals surface area contributed by atoms with E-state index in [0.717, 1.165) is 6.07 Å². The van der Waals surface area contributed by atoms with E-state index in [1.165, 1.54) is 36.4 Å². The van der Waals surface area contributed by atoms with Crippen LogP contribution < -0.4 is 4.72 Å². The molecule has 0 saturated heterocycles. The highest BCUT2D eigenvalue weighted by Crippen LogP contribution is 2.36. The minimum Gasteiger partial charge on any atom is -0.211 e. The van der Waals surface area contributed by atoms with Crippen molar-refractivity contribution in [1.29, 1.82) is 0 Å². The van der Waals surface area contributed by atoms with Gasteiger partial charge in [0.05, 0.1) is 15.5 Å². The fraction of sp³-hybridized carbons (Fsp3) is 0.250. The molecule has 2 aromatic carbocycles. The largest absolute Gasteiger partial charge is 0.417 e. The summed E-state index contributed by atoms with van der Waals surface area (Å²) in [5, 5.41) is -0.402. The van der Waals surface area contributed by atoms with E-state index < -0.39 is 26.8 Å². The van der Waals surface area contributed by atoms with Gasteiger partial charge in [-0.25, -0.2) is 13.1 Å². The fourth-order valence-electron chi connectivity index (χ4n) is 2.07. The van der Waals surface area contributed by atoms with Crippen molar-refractivity contribution < 1.29 is 21.6 Å². The van der Waals surface area contributed by atoms with Crippen LogP contribution in [0.4, 0.5) is 13.2 Å². The topological polar surface area (TPSA) is 46.2 Å². The Morgan fingerprint density at radius 3 is 2.12 bits per heavy atom. The Bertz CT molecular complexity index is 818. The number of hydrogen-bond acceptors (Lipinski definition) is 2. The first-order valence-corrected chi connectivity index (χ1v) is 8.98. The van der Waals surface area contributed by atoms with E-state index in [9.17, 15) is 21.6 Å². The molecule has 0 spiro atoms. The van der Waals surface area contributed by atoms with Crippen LogP contribution in [0, 0.1) is 0 Å². The summed E-state index contributed by atoms with van der Waals surface area (Å²) in [6.07, 6.45) is -3.85. The number of rotatable bonds is 5. The standard InChI is InChI=1S/C16H15ClF3NO2S/c1-2-9-21-24(22,23)13-6-3-11(4-7-13)12-5-8-14(15(17)10-12)16(18,19)20/h3-8,10,21H,2,9H2,1H3. The highest BCUT2D eigenvalue weighted by Gasteiger charge is 2.33. The lowest BCUT2D eigenvalue weighted by atomic mass is 10.0. The molecule has 1 N–H and O–H groups in total. The van der Waals surface area contributed by atoms with Gasteiger partial charge in [-0.2, -0.15) is 13.2 Å². The van der Waals surface area contributed by atoms with Crippen LogP contribution in [-0.2, 0) is 16.2 Å². The zero-order valence-electron chi connectivity index (χ0n) is 12.7. The molecule has 0 radical (unpaired) electrons. The van der Waals surface area contributed by atoms with Gasteiger partial charge in [0, 0.05) is 6.54 Å². The zero-order chi connectivity index (χ0) is 18.0. The van der Waals surface area contributed by atoms with Crippen molar-refractivity contribution in [2.24, 2.45) is 0 Å². The Morgan fingerprint density at radius 2 is 1.62 bits per heavy atom. The third-order valence-electron chi connectivity index (χ3n) is 3.31. The third kappa shape index (κ3) is 4.28. The van der Waals surface area contributed by atoms with Crippen LogP contribution in [0.2, 0.25) is 5.02 Å². The highest BCUT2D eigenvalue weighted by molar-refractivity contribution is 7.89. The van der Waals surface area contributed by atoms with Crippen molar-refractivity contribution in [2.45, 2.75) is 24.4 Å². The third-order valence-corrected chi connectivity index (χ3v) is 5.10. The van der Waals surface area contributed by atoms with Crippen LogP contribution in [0.15, 0.2) is 47.4 Å². The summed E-state index contributed by atoms with van der Waals surface area (Å²) in [4.78, 5) is 0.0951. The molecule has 3 nitrogen and oxygen atoms in total. The first kappa shape index (κ1) is 18.8. The van der Waals surface area contributed by atoms with E-state index in [1.807, 2.05) is 6.92 Å². The second-order valence-corrected chi connectivity index (χ2v) is 7.29. The fourth-order valence-corrected chi connectivity index (χ4v) is 3.49. The van der Waals surface area contributed by atoms with Crippen molar-refractivity contribution >= 4 is 21.6 Å². The van der Waals surface area contributed by atoms with Crippen LogP contribution in [0.3, 0.4) is 0 Å². The first-order chi connectivity index (χ1) is 11.1. The molecule has 0 fully saturated rings. The number of nitrogens with one attached hydrogen (secondary N) is 1. The van der Waals surface area contributed by atoms with Crippen molar-refractivity contribution in [3.8, 4) is 11.1 Å². The Morgan fingerprint density at radius 1 is 1.04 bits per heavy atom. The first-order valence-electron chi connectivity index (χ1n) is 7.12. The second-order valence-electron chi connectivity index (χ2n) is 5.11. The normalized spacial score (nSPS) is 12.4. The summed E-state index contributed by atoms with van der Waals surface area (Å²) in [5.74, 6) is 0. The van der Waals surface area contributed by atoms with Crippen LogP contribution in [-0.4, -0.2) is 15.0 Å². The Hall–Kier alpha value is -1.57. The highest BCUT2D eigenvalue weighted by atomic mass is 35.5. The molecule has 0 unspecified atom stereocenters. The van der Waals surface area contributed by atoms with Crippen molar-refractivity contribution in [3.05, 3.63) is 53.1 Å². The van der Waals surface area contributed by atoms with Gasteiger partial charge in [0.1, 0.15) is 0 Å². The van der Waals surface area contributed by atoms with E-state index in [1.54, 1.807) is 0 Å². The molecule has 0 amide bonds. The molecular formula is C16H15ClF3NO2S. The van der Waals surface area contributed by atoms with Gasteiger partial charge in [-0.1, -0.05) is 36.7 Å². The Kier molecular flexibility index (Phi) is 5.57. The van der Waals surface area contributed by atoms with Gasteiger partial charge >= 0.3 is 6.18 Å². The predicted molar refractivity (Wildman–Crippen MR) is 87.4 cm³/mol. The van der Waals surface area contributed by atoms with Gasteiger partial charge in [-0.05, 0) is 41.8 Å². The van der Waals surface area contributed by atoms with Crippen LogP contribution in [0.25, 0.3) is 11.1 Å². The summed E-state index contributed by atoms with van der Waals surface area (Å²) >= 11 is 5.70. The van der Waals surface area contributed by atoms with E-state index in [4.69, 9.17) is 11.6 Å². The van der Waals surface area contributed by atoms with Crippen LogP contribution in [0.1, 0.15) is 18.9 Å². The molecule has 2 rings (SSSR count). The maximum absolute atomic E-state index is 12.7. The lowest BCUT2D eigenvalue weighted by molar-refractivity contribution is -0.137. The summed E-state index contributed by atoms with van der Waals surface area (Å²) in [6.45, 7) is 2.18. The minimum atomic E-state index is -4.52. The molecule has 0 bridgehead atoms. The van der Waals surface area contributed by atoms with Crippen LogP contribution in [0.5, 0.6) is 0 Å². The lowest BCUT2D eigenvalue weighted by Gasteiger charge is -2.11. The quantitative estimate of drug-likeness (QED) is 0.819. The molecule has 0 aromatic heterocycles. The molecule has 0 atom stereocenters. The summed E-state index contributed by atoms with van der Waals surface area (Å²) in [7, 11) is -3.58. The Balaban J connectivity index is 2.30. The van der Waals surface area contributed by atoms with E-state index in [0.29, 0.717) is 24.1 Å². The second kappa shape index (κ2) is 7.13. The monoisotopic (exact) mass is 377 g/mol. The maximum Gasteiger partial charge on any atom is 0.417 e. The van der Waals surface area contributed by atoms with Crippen molar-refractivity contribution in [2.75, 3.05) is 6.54 Å². The lowest BCUT2D eigenvalue weighted by Crippen LogP contribution is -2.24. The van der Waals surface area contributed by atoms with Crippen LogP contribution >= 0.6 is 11.6 Å². The van der Waals surface area contributed by atoms with E-state index >= 15 is 0 Å². The number of halogens is 4. The number of alkyl halides is 3. The van der Waals surface area contributed by atoms with Crippen molar-refractivity contribution in [3.63, 3.8) is 0 Å². The van der Waals surface area contributed by atoms with Gasteiger partial charge in [-0.15, -0.1) is 0 Å². The average molecular weight is 378 g/mol. The maximum atomic E-state index is 12.7. The molecule has 2 aromatic rings. The molecule has 130 valence electrons. The van der Waals surface area contributed by atoms with E-state index in [-0.39, 0.29) is 4.90 Å². The smallest absolute Gasteiger partial charge is 0.211 e. The molecule has 0 heterocycles. The van der Waals surface area contributed by atoms with E-state index in [2.05, 4.69) is 4.72 Å². The summed E-state index contributed by atoms with van der Waals surface area (Å²) in [5.41, 5.74) is 0.134. The minimum absolute atomic E-state index is 0.0951. The zero-order valence-corrected chi connectivity index (χ0v) is 14.3. The molecule has 0 aliphatic heterocycles. The summed E-state index contributed by atoms with van der Waals surface area (Å²) < 4.78 is 64.6.